The second-order valence-electron chi connectivity index (χ2n) is 0.101. The topological polar surface area (TPSA) is 0 Å². The van der Waals surface area contributed by atoms with Crippen LogP contribution >= 0.6 is 23.2 Å². The SMILES string of the molecule is ClCCl.[Na].[Na]. The van der Waals surface area contributed by atoms with Gasteiger partial charge in [0.25, 0.3) is 0 Å². The van der Waals surface area contributed by atoms with Gasteiger partial charge < -0.3 is 0 Å². The molecule has 0 aliphatic carbocycles. The van der Waals surface area contributed by atoms with Crippen LogP contribution in [0.1, 0.15) is 0 Å². The van der Waals surface area contributed by atoms with Gasteiger partial charge in [0.1, 0.15) is 0 Å². The molecule has 0 aromatic carbocycles. The number of alkyl halides is 2. The van der Waals surface area contributed by atoms with Gasteiger partial charge in [-0.05, 0) is 0 Å². The van der Waals surface area contributed by atoms with Gasteiger partial charge in [0.15, 0.2) is 0 Å². The van der Waals surface area contributed by atoms with Gasteiger partial charge >= 0.3 is 0 Å². The molecule has 0 saturated carbocycles. The fourth-order valence-corrected chi connectivity index (χ4v) is 0. The summed E-state index contributed by atoms with van der Waals surface area (Å²) >= 11 is 9.53. The Morgan fingerprint density at radius 2 is 1.00 bits per heavy atom. The Bertz CT molecular complexity index is 7.61. The van der Waals surface area contributed by atoms with E-state index in [1.807, 2.05) is 0 Å². The number of rotatable bonds is 0. The summed E-state index contributed by atoms with van der Waals surface area (Å²) in [6.07, 6.45) is 0. The minimum atomic E-state index is 0. The van der Waals surface area contributed by atoms with Crippen molar-refractivity contribution < 1.29 is 0 Å². The summed E-state index contributed by atoms with van der Waals surface area (Å²) in [6, 6.07) is 0. The fraction of sp³-hybridized carbons (Fsp3) is 1.00. The van der Waals surface area contributed by atoms with Gasteiger partial charge in [0, 0.05) is 59.1 Å². The van der Waals surface area contributed by atoms with Crippen LogP contribution in [-0.2, 0) is 0 Å². The molecule has 0 aliphatic heterocycles. The molecule has 0 saturated heterocycles. The van der Waals surface area contributed by atoms with Crippen molar-refractivity contribution in [3.8, 4) is 0 Å². The van der Waals surface area contributed by atoms with Gasteiger partial charge in [-0.3, -0.25) is 0 Å². The van der Waals surface area contributed by atoms with Crippen LogP contribution in [0.4, 0.5) is 0 Å². The van der Waals surface area contributed by atoms with Crippen LogP contribution in [0.5, 0.6) is 0 Å². The van der Waals surface area contributed by atoms with E-state index in [4.69, 9.17) is 23.2 Å². The molecule has 0 fully saturated rings. The van der Waals surface area contributed by atoms with E-state index < -0.39 is 0 Å². The van der Waals surface area contributed by atoms with Crippen LogP contribution in [0.3, 0.4) is 0 Å². The van der Waals surface area contributed by atoms with Gasteiger partial charge in [-0.2, -0.15) is 0 Å². The molecule has 0 atom stereocenters. The van der Waals surface area contributed by atoms with Crippen LogP contribution < -0.4 is 0 Å². The number of hydrogen-bond donors (Lipinski definition) is 0. The second-order valence-corrected chi connectivity index (χ2v) is 0.909. The first-order valence-corrected chi connectivity index (χ1v) is 1.60. The van der Waals surface area contributed by atoms with E-state index in [-0.39, 0.29) is 64.5 Å². The molecule has 0 rings (SSSR count). The van der Waals surface area contributed by atoms with E-state index in [9.17, 15) is 0 Å². The monoisotopic (exact) mass is 130 g/mol. The molecule has 0 heterocycles. The normalized spacial score (nSPS) is 3.60. The summed E-state index contributed by atoms with van der Waals surface area (Å²) in [4.78, 5) is 0. The minimum Gasteiger partial charge on any atom is -0.109 e. The molecule has 0 aromatic rings. The summed E-state index contributed by atoms with van der Waals surface area (Å²) in [5.74, 6) is 0. The van der Waals surface area contributed by atoms with Crippen molar-refractivity contribution in [2.45, 2.75) is 0 Å². The third kappa shape index (κ3) is 20.7. The Hall–Kier alpha value is 2.58. The zero-order valence-corrected chi connectivity index (χ0v) is 8.97. The van der Waals surface area contributed by atoms with E-state index in [0.29, 0.717) is 0 Å². The predicted molar refractivity (Wildman–Crippen MR) is 28.1 cm³/mol. The van der Waals surface area contributed by atoms with Gasteiger partial charge in [0.2, 0.25) is 0 Å². The van der Waals surface area contributed by atoms with E-state index in [1.54, 1.807) is 0 Å². The van der Waals surface area contributed by atoms with Crippen LogP contribution in [0.2, 0.25) is 0 Å². The molecule has 0 bridgehead atoms. The van der Waals surface area contributed by atoms with E-state index in [1.165, 1.54) is 0 Å². The maximum atomic E-state index is 4.76. The Morgan fingerprint density at radius 3 is 1.00 bits per heavy atom. The summed E-state index contributed by atoms with van der Waals surface area (Å²) in [5, 5.41) is 0.194. The molecule has 0 aliphatic rings. The van der Waals surface area contributed by atoms with Crippen LogP contribution in [-0.4, -0.2) is 64.5 Å². The first-order chi connectivity index (χ1) is 1.41. The van der Waals surface area contributed by atoms with Gasteiger partial charge in [-0.1, -0.05) is 0 Å². The summed E-state index contributed by atoms with van der Waals surface area (Å²) < 4.78 is 0. The Labute approximate surface area is 86.2 Å². The molecule has 5 heavy (non-hydrogen) atoms. The van der Waals surface area contributed by atoms with Gasteiger partial charge in [-0.25, -0.2) is 0 Å². The third-order valence-corrected chi connectivity index (χ3v) is 0. The van der Waals surface area contributed by atoms with Crippen LogP contribution in [0.15, 0.2) is 0 Å². The molecular formula is CH2Cl2Na2. The molecular weight excluding hydrogens is 129 g/mol. The molecule has 0 aromatic heterocycles. The largest absolute Gasteiger partial charge is 0.109 e. The molecule has 0 spiro atoms. The van der Waals surface area contributed by atoms with Crippen molar-refractivity contribution >= 4 is 82.3 Å². The van der Waals surface area contributed by atoms with Crippen LogP contribution in [0, 0.1) is 0 Å². The van der Waals surface area contributed by atoms with Crippen molar-refractivity contribution in [2.24, 2.45) is 0 Å². The van der Waals surface area contributed by atoms with Crippen molar-refractivity contribution in [3.63, 3.8) is 0 Å². The molecule has 0 N–H and O–H groups in total. The maximum absolute atomic E-state index is 4.76. The third-order valence-electron chi connectivity index (χ3n) is 0. The van der Waals surface area contributed by atoms with E-state index in [2.05, 4.69) is 0 Å². The zero-order valence-electron chi connectivity index (χ0n) is 3.46. The number of hydrogen-bond acceptors (Lipinski definition) is 0. The quantitative estimate of drug-likeness (QED) is 0.334. The van der Waals surface area contributed by atoms with Crippen molar-refractivity contribution in [3.05, 3.63) is 0 Å². The Balaban J connectivity index is -0.0000000200. The van der Waals surface area contributed by atoms with Gasteiger partial charge in [-0.15, -0.1) is 23.2 Å². The zero-order chi connectivity index (χ0) is 2.71. The molecule has 0 amide bonds. The predicted octanol–water partition coefficient (Wildman–Crippen LogP) is 0.660. The van der Waals surface area contributed by atoms with Crippen molar-refractivity contribution in [2.75, 3.05) is 5.34 Å². The standard InChI is InChI=1S/CH2Cl2.2Na/c2-1-3;;/h1H2;;. The molecule has 0 unspecified atom stereocenters. The maximum Gasteiger partial charge on any atom is 0.0967 e. The molecule has 2 radical (unpaired) electrons. The minimum absolute atomic E-state index is 0. The Morgan fingerprint density at radius 1 is 1.00 bits per heavy atom. The van der Waals surface area contributed by atoms with Crippen molar-refractivity contribution in [1.29, 1.82) is 0 Å². The van der Waals surface area contributed by atoms with Crippen molar-refractivity contribution in [1.82, 2.24) is 0 Å². The summed E-state index contributed by atoms with van der Waals surface area (Å²) in [6.45, 7) is 0. The first-order valence-electron chi connectivity index (χ1n) is 0.535. The number of halogens is 2. The Kier molecular flexibility index (Phi) is 50.0. The molecule has 4 heteroatoms. The van der Waals surface area contributed by atoms with E-state index >= 15 is 0 Å². The van der Waals surface area contributed by atoms with Gasteiger partial charge in [0.05, 0.1) is 5.34 Å². The average molecular weight is 131 g/mol. The molecule has 0 nitrogen and oxygen atoms in total. The summed E-state index contributed by atoms with van der Waals surface area (Å²) in [7, 11) is 0. The summed E-state index contributed by atoms with van der Waals surface area (Å²) in [5.41, 5.74) is 0. The second kappa shape index (κ2) is 16.0. The smallest absolute Gasteiger partial charge is 0.0967 e. The average Bonchev–Trinajstić information content (AvgIpc) is 0.918. The first kappa shape index (κ1) is 15.6. The van der Waals surface area contributed by atoms with Crippen LogP contribution in [0.25, 0.3) is 0 Å². The van der Waals surface area contributed by atoms with E-state index in [0.717, 1.165) is 0 Å². The molecule has 22 valence electrons. The fourth-order valence-electron chi connectivity index (χ4n) is 0.